The summed E-state index contributed by atoms with van der Waals surface area (Å²) >= 11 is 4.89. The third-order valence-electron chi connectivity index (χ3n) is 4.10. The zero-order valence-electron chi connectivity index (χ0n) is 15.8. The SMILES string of the molecule is CCn1c(CSc2nc3ccccc3s2)nnc1SCc1ccc(C(=O)OC)o1. The molecule has 29 heavy (non-hydrogen) atoms. The summed E-state index contributed by atoms with van der Waals surface area (Å²) in [7, 11) is 1.33. The Morgan fingerprint density at radius 2 is 2.03 bits per heavy atom. The molecule has 0 atom stereocenters. The number of aromatic nitrogens is 4. The number of furan rings is 1. The number of thiazole rings is 1. The topological polar surface area (TPSA) is 83.0 Å². The van der Waals surface area contributed by atoms with Crippen molar-refractivity contribution in [1.29, 1.82) is 0 Å². The quantitative estimate of drug-likeness (QED) is 0.280. The predicted octanol–water partition coefficient (Wildman–Crippen LogP) is 4.87. The van der Waals surface area contributed by atoms with E-state index in [0.29, 0.717) is 17.3 Å². The van der Waals surface area contributed by atoms with Gasteiger partial charge in [0.25, 0.3) is 0 Å². The Labute approximate surface area is 179 Å². The first-order valence-corrected chi connectivity index (χ1v) is 11.7. The zero-order chi connectivity index (χ0) is 20.2. The average molecular weight is 447 g/mol. The number of esters is 1. The number of rotatable bonds is 8. The number of hydrogen-bond donors (Lipinski definition) is 0. The number of fused-ring (bicyclic) bond motifs is 1. The number of carbonyl (C=O) groups is 1. The van der Waals surface area contributed by atoms with E-state index in [9.17, 15) is 4.79 Å². The third-order valence-corrected chi connectivity index (χ3v) is 7.26. The first-order valence-electron chi connectivity index (χ1n) is 8.88. The second-order valence-corrected chi connectivity index (χ2v) is 9.12. The van der Waals surface area contributed by atoms with E-state index in [4.69, 9.17) is 4.42 Å². The number of benzene rings is 1. The molecule has 10 heteroatoms. The lowest BCUT2D eigenvalue weighted by atomic mass is 10.3. The van der Waals surface area contributed by atoms with E-state index in [1.807, 2.05) is 18.2 Å². The summed E-state index contributed by atoms with van der Waals surface area (Å²) in [4.78, 5) is 16.2. The van der Waals surface area contributed by atoms with Crippen molar-refractivity contribution in [3.63, 3.8) is 0 Å². The molecule has 4 rings (SSSR count). The average Bonchev–Trinajstić information content (AvgIpc) is 3.47. The van der Waals surface area contributed by atoms with Crippen LogP contribution in [0.25, 0.3) is 10.2 Å². The maximum atomic E-state index is 11.5. The van der Waals surface area contributed by atoms with Gasteiger partial charge < -0.3 is 13.7 Å². The van der Waals surface area contributed by atoms with Crippen molar-refractivity contribution in [2.45, 2.75) is 34.5 Å². The van der Waals surface area contributed by atoms with Gasteiger partial charge in [-0.1, -0.05) is 35.7 Å². The van der Waals surface area contributed by atoms with Gasteiger partial charge in [-0.05, 0) is 31.2 Å². The van der Waals surface area contributed by atoms with Crippen LogP contribution in [0.3, 0.4) is 0 Å². The number of nitrogens with zero attached hydrogens (tertiary/aromatic N) is 4. The minimum Gasteiger partial charge on any atom is -0.463 e. The minimum atomic E-state index is -0.480. The van der Waals surface area contributed by atoms with Crippen LogP contribution >= 0.6 is 34.9 Å². The number of thioether (sulfide) groups is 2. The van der Waals surface area contributed by atoms with Gasteiger partial charge in [-0.2, -0.15) is 0 Å². The number of ether oxygens (including phenoxy) is 1. The number of carbonyl (C=O) groups excluding carboxylic acids is 1. The Hall–Kier alpha value is -2.30. The molecule has 7 nitrogen and oxygen atoms in total. The molecule has 4 aromatic rings. The van der Waals surface area contributed by atoms with Crippen LogP contribution in [0, 0.1) is 0 Å². The fourth-order valence-corrected chi connectivity index (χ4v) is 5.61. The predicted molar refractivity (Wildman–Crippen MR) is 114 cm³/mol. The Morgan fingerprint density at radius 1 is 1.17 bits per heavy atom. The summed E-state index contributed by atoms with van der Waals surface area (Å²) < 4.78 is 14.5. The molecule has 0 saturated carbocycles. The van der Waals surface area contributed by atoms with Gasteiger partial charge in [0.2, 0.25) is 5.76 Å². The Kier molecular flexibility index (Phi) is 6.22. The van der Waals surface area contributed by atoms with Gasteiger partial charge in [0, 0.05) is 6.54 Å². The van der Waals surface area contributed by atoms with E-state index in [1.165, 1.54) is 23.6 Å². The van der Waals surface area contributed by atoms with Crippen molar-refractivity contribution in [2.75, 3.05) is 7.11 Å². The molecular formula is C19H18N4O3S3. The summed E-state index contributed by atoms with van der Waals surface area (Å²) in [6, 6.07) is 11.5. The lowest BCUT2D eigenvalue weighted by Gasteiger charge is -2.06. The molecule has 150 valence electrons. The normalized spacial score (nSPS) is 11.2. The van der Waals surface area contributed by atoms with Crippen molar-refractivity contribution < 1.29 is 13.9 Å². The molecule has 0 radical (unpaired) electrons. The van der Waals surface area contributed by atoms with Gasteiger partial charge in [0.05, 0.1) is 28.8 Å². The lowest BCUT2D eigenvalue weighted by molar-refractivity contribution is 0.0563. The van der Waals surface area contributed by atoms with Crippen LogP contribution in [0.2, 0.25) is 0 Å². The van der Waals surface area contributed by atoms with Crippen LogP contribution in [0.15, 0.2) is 50.3 Å². The van der Waals surface area contributed by atoms with E-state index >= 15 is 0 Å². The Balaban J connectivity index is 1.40. The molecule has 0 N–H and O–H groups in total. The van der Waals surface area contributed by atoms with Gasteiger partial charge in [-0.25, -0.2) is 9.78 Å². The molecule has 0 aliphatic rings. The number of para-hydroxylation sites is 1. The molecule has 3 aromatic heterocycles. The van der Waals surface area contributed by atoms with Crippen LogP contribution in [-0.4, -0.2) is 32.8 Å². The summed E-state index contributed by atoms with van der Waals surface area (Å²) in [5.41, 5.74) is 1.03. The number of methoxy groups -OCH3 is 1. The van der Waals surface area contributed by atoms with Gasteiger partial charge in [-0.15, -0.1) is 21.5 Å². The largest absolute Gasteiger partial charge is 0.463 e. The van der Waals surface area contributed by atoms with Gasteiger partial charge in [-0.3, -0.25) is 0 Å². The van der Waals surface area contributed by atoms with E-state index in [0.717, 1.165) is 27.4 Å². The van der Waals surface area contributed by atoms with Crippen molar-refractivity contribution >= 4 is 51.0 Å². The third kappa shape index (κ3) is 4.49. The standard InChI is InChI=1S/C19H18N4O3S3/c1-3-23-16(11-28-19-20-13-6-4-5-7-15(13)29-19)21-22-18(23)27-10-12-8-9-14(26-12)17(24)25-2/h4-9H,3,10-11H2,1-2H3. The first-order chi connectivity index (χ1) is 14.2. The highest BCUT2D eigenvalue weighted by Crippen LogP contribution is 2.32. The molecule has 0 fully saturated rings. The molecule has 0 bridgehead atoms. The van der Waals surface area contributed by atoms with E-state index in [2.05, 4.69) is 37.5 Å². The first kappa shape index (κ1) is 20.0. The Morgan fingerprint density at radius 3 is 2.83 bits per heavy atom. The maximum Gasteiger partial charge on any atom is 0.373 e. The second-order valence-electron chi connectivity index (χ2n) is 5.93. The molecule has 0 saturated heterocycles. The van der Waals surface area contributed by atoms with Crippen LogP contribution in [-0.2, 0) is 22.8 Å². The summed E-state index contributed by atoms with van der Waals surface area (Å²) in [5.74, 6) is 2.58. The van der Waals surface area contributed by atoms with Crippen LogP contribution in [0.5, 0.6) is 0 Å². The van der Waals surface area contributed by atoms with Crippen molar-refractivity contribution in [1.82, 2.24) is 19.7 Å². The summed E-state index contributed by atoms with van der Waals surface area (Å²) in [6.07, 6.45) is 0. The molecule has 0 aliphatic heterocycles. The van der Waals surface area contributed by atoms with Gasteiger partial charge >= 0.3 is 5.97 Å². The van der Waals surface area contributed by atoms with Crippen LogP contribution < -0.4 is 0 Å². The summed E-state index contributed by atoms with van der Waals surface area (Å²) in [6.45, 7) is 2.85. The molecule has 3 heterocycles. The van der Waals surface area contributed by atoms with Crippen molar-refractivity contribution in [3.8, 4) is 0 Å². The molecular weight excluding hydrogens is 428 g/mol. The second kappa shape index (κ2) is 9.02. The van der Waals surface area contributed by atoms with Crippen LogP contribution in [0.1, 0.15) is 29.1 Å². The highest BCUT2D eigenvalue weighted by molar-refractivity contribution is 8.00. The smallest absolute Gasteiger partial charge is 0.373 e. The lowest BCUT2D eigenvalue weighted by Crippen LogP contribution is -2.02. The van der Waals surface area contributed by atoms with Crippen molar-refractivity contribution in [3.05, 3.63) is 53.7 Å². The Bertz CT molecular complexity index is 1100. The van der Waals surface area contributed by atoms with E-state index in [-0.39, 0.29) is 5.76 Å². The number of hydrogen-bond acceptors (Lipinski definition) is 9. The molecule has 0 amide bonds. The maximum absolute atomic E-state index is 11.5. The van der Waals surface area contributed by atoms with E-state index in [1.54, 1.807) is 35.2 Å². The molecule has 0 aliphatic carbocycles. The zero-order valence-corrected chi connectivity index (χ0v) is 18.3. The van der Waals surface area contributed by atoms with Crippen LogP contribution in [0.4, 0.5) is 0 Å². The van der Waals surface area contributed by atoms with Gasteiger partial charge in [0.1, 0.15) is 11.6 Å². The van der Waals surface area contributed by atoms with E-state index < -0.39 is 5.97 Å². The monoisotopic (exact) mass is 446 g/mol. The molecule has 1 aromatic carbocycles. The molecule has 0 unspecified atom stereocenters. The molecule has 0 spiro atoms. The van der Waals surface area contributed by atoms with Crippen molar-refractivity contribution in [2.24, 2.45) is 0 Å². The highest BCUT2D eigenvalue weighted by atomic mass is 32.2. The fourth-order valence-electron chi connectivity index (χ4n) is 2.69. The fraction of sp³-hybridized carbons (Fsp3) is 0.263. The van der Waals surface area contributed by atoms with Gasteiger partial charge in [0.15, 0.2) is 9.50 Å². The minimum absolute atomic E-state index is 0.202. The highest BCUT2D eigenvalue weighted by Gasteiger charge is 2.15. The summed E-state index contributed by atoms with van der Waals surface area (Å²) in [5, 5.41) is 9.51.